The zero-order chi connectivity index (χ0) is 20.5. The summed E-state index contributed by atoms with van der Waals surface area (Å²) < 4.78 is 0. The van der Waals surface area contributed by atoms with Crippen LogP contribution in [0.25, 0.3) is 0 Å². The highest BCUT2D eigenvalue weighted by Gasteiger charge is 2.44. The van der Waals surface area contributed by atoms with Gasteiger partial charge in [0.25, 0.3) is 17.7 Å². The van der Waals surface area contributed by atoms with E-state index in [1.165, 1.54) is 43.9 Å². The van der Waals surface area contributed by atoms with E-state index in [9.17, 15) is 24.0 Å². The second-order valence-corrected chi connectivity index (χ2v) is 7.90. The first kappa shape index (κ1) is 19.3. The minimum Gasteiger partial charge on any atom is -0.352 e. The third kappa shape index (κ3) is 3.66. The van der Waals surface area contributed by atoms with Gasteiger partial charge in [0.2, 0.25) is 11.8 Å². The van der Waals surface area contributed by atoms with Crippen LogP contribution >= 0.6 is 0 Å². The molecule has 1 aliphatic carbocycles. The fraction of sp³-hybridized carbons (Fsp3) is 0.476. The van der Waals surface area contributed by atoms with E-state index in [4.69, 9.17) is 0 Å². The molecule has 1 atom stereocenters. The molecule has 4 rings (SSSR count). The Morgan fingerprint density at radius 2 is 1.76 bits per heavy atom. The lowest BCUT2D eigenvalue weighted by Crippen LogP contribution is -2.54. The number of hydrogen-bond acceptors (Lipinski definition) is 5. The van der Waals surface area contributed by atoms with Gasteiger partial charge in [0, 0.05) is 18.5 Å². The molecule has 3 aliphatic rings. The highest BCUT2D eigenvalue weighted by atomic mass is 16.2. The van der Waals surface area contributed by atoms with Crippen LogP contribution in [0.5, 0.6) is 0 Å². The van der Waals surface area contributed by atoms with Crippen LogP contribution in [0.4, 0.5) is 0 Å². The number of fused-ring (bicyclic) bond motifs is 1. The lowest BCUT2D eigenvalue weighted by Gasteiger charge is -2.27. The second kappa shape index (κ2) is 7.77. The van der Waals surface area contributed by atoms with Gasteiger partial charge in [-0.15, -0.1) is 0 Å². The summed E-state index contributed by atoms with van der Waals surface area (Å²) in [5, 5.41) is 5.04. The Kier molecular flexibility index (Phi) is 5.17. The number of amides is 5. The smallest absolute Gasteiger partial charge is 0.262 e. The van der Waals surface area contributed by atoms with Crippen LogP contribution in [0.15, 0.2) is 18.2 Å². The molecule has 2 heterocycles. The topological polar surface area (TPSA) is 113 Å². The van der Waals surface area contributed by atoms with Gasteiger partial charge in [-0.05, 0) is 37.0 Å². The number of nitrogens with one attached hydrogen (secondary N) is 2. The Hall–Kier alpha value is -3.03. The largest absolute Gasteiger partial charge is 0.352 e. The van der Waals surface area contributed by atoms with Gasteiger partial charge in [-0.1, -0.05) is 25.7 Å². The van der Waals surface area contributed by atoms with Gasteiger partial charge in [-0.3, -0.25) is 34.2 Å². The summed E-state index contributed by atoms with van der Waals surface area (Å²) >= 11 is 0. The number of piperidine rings is 1. The molecule has 0 bridgehead atoms. The molecule has 2 fully saturated rings. The van der Waals surface area contributed by atoms with Gasteiger partial charge in [-0.25, -0.2) is 0 Å². The summed E-state index contributed by atoms with van der Waals surface area (Å²) in [6.45, 7) is 0.579. The van der Waals surface area contributed by atoms with Crippen LogP contribution in [0.2, 0.25) is 0 Å². The summed E-state index contributed by atoms with van der Waals surface area (Å²) in [5.41, 5.74) is 0.590. The molecular formula is C21H23N3O5. The minimum atomic E-state index is -1.01. The Morgan fingerprint density at radius 3 is 2.48 bits per heavy atom. The standard InChI is InChI=1S/C21H23N3O5/c25-17-8-7-16(19(27)23-17)24-20(28)14-6-5-13(11-15(14)21(24)29)18(26)22-10-9-12-3-1-2-4-12/h5-6,11-12,16H,1-4,7-10H2,(H,22,26)(H,23,25,27). The number of hydrogen-bond donors (Lipinski definition) is 2. The zero-order valence-electron chi connectivity index (χ0n) is 16.0. The average Bonchev–Trinajstić information content (AvgIpc) is 3.30. The third-order valence-electron chi connectivity index (χ3n) is 6.01. The summed E-state index contributed by atoms with van der Waals surface area (Å²) in [6, 6.07) is 3.37. The molecule has 1 saturated carbocycles. The SMILES string of the molecule is O=C1CCC(N2C(=O)c3ccc(C(=O)NCCC4CCCC4)cc3C2=O)C(=O)N1. The molecule has 5 amide bonds. The van der Waals surface area contributed by atoms with Crippen molar-refractivity contribution in [1.29, 1.82) is 0 Å². The monoisotopic (exact) mass is 397 g/mol. The van der Waals surface area contributed by atoms with Crippen molar-refractivity contribution in [3.05, 3.63) is 34.9 Å². The maximum absolute atomic E-state index is 12.8. The third-order valence-corrected chi connectivity index (χ3v) is 6.01. The van der Waals surface area contributed by atoms with Crippen molar-refractivity contribution in [3.63, 3.8) is 0 Å². The van der Waals surface area contributed by atoms with Crippen LogP contribution in [0.1, 0.15) is 76.0 Å². The van der Waals surface area contributed by atoms with E-state index in [0.717, 1.165) is 11.3 Å². The highest BCUT2D eigenvalue weighted by molar-refractivity contribution is 6.24. The molecule has 152 valence electrons. The summed E-state index contributed by atoms with van der Waals surface area (Å²) in [5.74, 6) is -1.88. The number of carbonyl (C=O) groups is 5. The van der Waals surface area contributed by atoms with Crippen molar-refractivity contribution in [2.24, 2.45) is 5.92 Å². The molecule has 8 nitrogen and oxygen atoms in total. The normalized spacial score (nSPS) is 22.1. The molecule has 0 aromatic heterocycles. The van der Waals surface area contributed by atoms with Crippen molar-refractivity contribution in [3.8, 4) is 0 Å². The molecule has 1 aromatic carbocycles. The minimum absolute atomic E-state index is 0.0679. The van der Waals surface area contributed by atoms with Crippen LogP contribution in [-0.2, 0) is 9.59 Å². The molecule has 1 saturated heterocycles. The lowest BCUT2D eigenvalue weighted by atomic mass is 10.0. The Morgan fingerprint density at radius 1 is 1.03 bits per heavy atom. The zero-order valence-corrected chi connectivity index (χ0v) is 16.0. The lowest BCUT2D eigenvalue weighted by molar-refractivity contribution is -0.136. The number of nitrogens with zero attached hydrogens (tertiary/aromatic N) is 1. The molecule has 8 heteroatoms. The van der Waals surface area contributed by atoms with Crippen molar-refractivity contribution >= 4 is 29.5 Å². The average molecular weight is 397 g/mol. The molecular weight excluding hydrogens is 374 g/mol. The highest BCUT2D eigenvalue weighted by Crippen LogP contribution is 2.29. The Labute approximate surface area is 168 Å². The number of rotatable bonds is 5. The number of benzene rings is 1. The van der Waals surface area contributed by atoms with Crippen LogP contribution in [-0.4, -0.2) is 47.0 Å². The van der Waals surface area contributed by atoms with Crippen molar-refractivity contribution in [1.82, 2.24) is 15.5 Å². The van der Waals surface area contributed by atoms with Crippen molar-refractivity contribution in [2.45, 2.75) is 51.0 Å². The van der Waals surface area contributed by atoms with E-state index >= 15 is 0 Å². The van der Waals surface area contributed by atoms with E-state index < -0.39 is 29.7 Å². The first-order chi connectivity index (χ1) is 14.0. The van der Waals surface area contributed by atoms with E-state index in [-0.39, 0.29) is 29.9 Å². The fourth-order valence-corrected chi connectivity index (χ4v) is 4.40. The van der Waals surface area contributed by atoms with Gasteiger partial charge in [-0.2, -0.15) is 0 Å². The maximum atomic E-state index is 12.8. The maximum Gasteiger partial charge on any atom is 0.262 e. The van der Waals surface area contributed by atoms with E-state index in [1.807, 2.05) is 0 Å². The first-order valence-corrected chi connectivity index (χ1v) is 10.1. The van der Waals surface area contributed by atoms with E-state index in [1.54, 1.807) is 0 Å². The molecule has 2 N–H and O–H groups in total. The van der Waals surface area contributed by atoms with Crippen molar-refractivity contribution in [2.75, 3.05) is 6.54 Å². The summed E-state index contributed by atoms with van der Waals surface area (Å²) in [6.07, 6.45) is 6.04. The molecule has 1 aromatic rings. The van der Waals surface area contributed by atoms with Crippen LogP contribution < -0.4 is 10.6 Å². The summed E-state index contributed by atoms with van der Waals surface area (Å²) in [7, 11) is 0. The summed E-state index contributed by atoms with van der Waals surface area (Å²) in [4.78, 5) is 62.3. The molecule has 1 unspecified atom stereocenters. The molecule has 2 aliphatic heterocycles. The first-order valence-electron chi connectivity index (χ1n) is 10.1. The quantitative estimate of drug-likeness (QED) is 0.729. The predicted molar refractivity (Wildman–Crippen MR) is 102 cm³/mol. The van der Waals surface area contributed by atoms with Gasteiger partial charge in [0.15, 0.2) is 0 Å². The van der Waals surface area contributed by atoms with Gasteiger partial charge in [0.1, 0.15) is 6.04 Å². The molecule has 0 spiro atoms. The molecule has 29 heavy (non-hydrogen) atoms. The van der Waals surface area contributed by atoms with E-state index in [2.05, 4.69) is 10.6 Å². The number of carbonyl (C=O) groups excluding carboxylic acids is 5. The van der Waals surface area contributed by atoms with Gasteiger partial charge >= 0.3 is 0 Å². The van der Waals surface area contributed by atoms with Gasteiger partial charge < -0.3 is 5.32 Å². The fourth-order valence-electron chi connectivity index (χ4n) is 4.40. The number of imide groups is 2. The second-order valence-electron chi connectivity index (χ2n) is 7.90. The van der Waals surface area contributed by atoms with Crippen LogP contribution in [0, 0.1) is 5.92 Å². The Balaban J connectivity index is 1.45. The molecule has 0 radical (unpaired) electrons. The van der Waals surface area contributed by atoms with Crippen LogP contribution in [0.3, 0.4) is 0 Å². The van der Waals surface area contributed by atoms with Crippen molar-refractivity contribution < 1.29 is 24.0 Å². The van der Waals surface area contributed by atoms with E-state index in [0.29, 0.717) is 18.0 Å². The Bertz CT molecular complexity index is 904. The predicted octanol–water partition coefficient (Wildman–Crippen LogP) is 1.40. The van der Waals surface area contributed by atoms with Gasteiger partial charge in [0.05, 0.1) is 11.1 Å².